The van der Waals surface area contributed by atoms with E-state index in [9.17, 15) is 19.8 Å². The molecule has 9 atom stereocenters. The van der Waals surface area contributed by atoms with Crippen LogP contribution in [-0.4, -0.2) is 44.2 Å². The summed E-state index contributed by atoms with van der Waals surface area (Å²) in [6, 6.07) is 0. The van der Waals surface area contributed by atoms with E-state index in [2.05, 4.69) is 6.92 Å². The van der Waals surface area contributed by atoms with Crippen molar-refractivity contribution in [1.29, 1.82) is 0 Å². The maximum Gasteiger partial charge on any atom is 0.178 e. The van der Waals surface area contributed by atoms with E-state index in [-0.39, 0.29) is 28.8 Å². The van der Waals surface area contributed by atoms with Crippen LogP contribution in [0.2, 0.25) is 0 Å². The minimum Gasteiger partial charge on any atom is -0.390 e. The van der Waals surface area contributed by atoms with Gasteiger partial charge in [0.2, 0.25) is 0 Å². The molecule has 4 nitrogen and oxygen atoms in total. The number of aliphatic hydroxyl groups excluding tert-OH is 2. The molecule has 0 aliphatic heterocycles. The Morgan fingerprint density at radius 2 is 1.93 bits per heavy atom. The summed E-state index contributed by atoms with van der Waals surface area (Å²) >= 11 is 14.2. The first kappa shape index (κ1) is 19.6. The second kappa shape index (κ2) is 5.91. The highest BCUT2D eigenvalue weighted by Gasteiger charge is 2.72. The van der Waals surface area contributed by atoms with Gasteiger partial charge in [-0.05, 0) is 55.2 Å². The van der Waals surface area contributed by atoms with Gasteiger partial charge in [-0.1, -0.05) is 19.9 Å². The van der Waals surface area contributed by atoms with Crippen LogP contribution in [0.5, 0.6) is 0 Å². The molecule has 0 amide bonds. The van der Waals surface area contributed by atoms with Crippen molar-refractivity contribution in [2.45, 2.75) is 62.5 Å². The van der Waals surface area contributed by atoms with Crippen LogP contribution in [0.3, 0.4) is 0 Å². The number of hydrogen-bond donors (Lipinski definition) is 2. The van der Waals surface area contributed by atoms with Crippen molar-refractivity contribution in [1.82, 2.24) is 0 Å². The lowest BCUT2D eigenvalue weighted by atomic mass is 9.45. The average molecular weight is 413 g/mol. The fourth-order valence-electron chi connectivity index (χ4n) is 6.83. The Balaban J connectivity index is 1.89. The SMILES string of the molecule is CC(=O)[C@H]1CC[C@H]2[C@@H]3[C@@H](O)[C@@H](O)C4=CC(=O)C=C[C@]4(C)[C@@]3(Cl)[C@@H](Cl)C[C@]12C. The Kier molecular flexibility index (Phi) is 4.30. The Labute approximate surface area is 169 Å². The van der Waals surface area contributed by atoms with Gasteiger partial charge in [0.25, 0.3) is 0 Å². The van der Waals surface area contributed by atoms with Crippen molar-refractivity contribution < 1.29 is 19.8 Å². The first-order chi connectivity index (χ1) is 12.5. The highest BCUT2D eigenvalue weighted by Crippen LogP contribution is 2.70. The summed E-state index contributed by atoms with van der Waals surface area (Å²) in [5.41, 5.74) is -0.758. The molecule has 0 saturated heterocycles. The molecule has 0 unspecified atom stereocenters. The highest BCUT2D eigenvalue weighted by molar-refractivity contribution is 6.34. The number of rotatable bonds is 1. The van der Waals surface area contributed by atoms with E-state index in [0.29, 0.717) is 12.0 Å². The topological polar surface area (TPSA) is 74.6 Å². The van der Waals surface area contributed by atoms with Crippen LogP contribution in [0.15, 0.2) is 23.8 Å². The lowest BCUT2D eigenvalue weighted by molar-refractivity contribution is -0.137. The normalized spacial score (nSPS) is 54.0. The molecule has 0 aromatic rings. The fourth-order valence-corrected chi connectivity index (χ4v) is 8.06. The van der Waals surface area contributed by atoms with E-state index >= 15 is 0 Å². The quantitative estimate of drug-likeness (QED) is 0.649. The molecule has 148 valence electrons. The molecule has 4 rings (SSSR count). The number of halogens is 2. The molecule has 0 bridgehead atoms. The number of Topliss-reactive ketones (excluding diaryl/α,β-unsaturated/α-hetero) is 1. The van der Waals surface area contributed by atoms with Crippen molar-refractivity contribution in [3.05, 3.63) is 23.8 Å². The summed E-state index contributed by atoms with van der Waals surface area (Å²) in [4.78, 5) is 23.2. The summed E-state index contributed by atoms with van der Waals surface area (Å²) in [5, 5.41) is 21.5. The Hall–Kier alpha value is -0.680. The lowest BCUT2D eigenvalue weighted by Gasteiger charge is -2.65. The summed E-state index contributed by atoms with van der Waals surface area (Å²) in [6.07, 6.45) is 4.39. The first-order valence-corrected chi connectivity index (χ1v) is 10.4. The summed E-state index contributed by atoms with van der Waals surface area (Å²) < 4.78 is 0. The molecule has 0 aromatic heterocycles. The number of fused-ring (bicyclic) bond motifs is 5. The van der Waals surface area contributed by atoms with Crippen molar-refractivity contribution >= 4 is 34.8 Å². The van der Waals surface area contributed by atoms with E-state index < -0.39 is 33.8 Å². The van der Waals surface area contributed by atoms with E-state index in [1.807, 2.05) is 6.92 Å². The standard InChI is InChI=1S/C21H26Cl2O4/c1-10(24)12-4-5-13-16-18(27)17(26)14-8-11(25)6-7-20(14,3)21(16,23)15(22)9-19(12,13)2/h6-8,12-13,15-18,26-27H,4-5,9H2,1-3H3/t12-,13+,15+,16-,17+,18-,19-,20+,21-/m1/s1. The van der Waals surface area contributed by atoms with Gasteiger partial charge in [0, 0.05) is 17.3 Å². The van der Waals surface area contributed by atoms with E-state index in [4.69, 9.17) is 23.2 Å². The third-order valence-corrected chi connectivity index (χ3v) is 9.70. The molecular formula is C21H26Cl2O4. The van der Waals surface area contributed by atoms with Gasteiger partial charge in [0.15, 0.2) is 5.78 Å². The lowest BCUT2D eigenvalue weighted by Crippen LogP contribution is -2.71. The molecule has 0 aromatic carbocycles. The van der Waals surface area contributed by atoms with E-state index in [0.717, 1.165) is 12.8 Å². The predicted octanol–water partition coefficient (Wildman–Crippen LogP) is 3.02. The fraction of sp³-hybridized carbons (Fsp3) is 0.714. The zero-order valence-electron chi connectivity index (χ0n) is 15.8. The van der Waals surface area contributed by atoms with Crippen molar-refractivity contribution in [2.75, 3.05) is 0 Å². The maximum atomic E-state index is 12.3. The Bertz CT molecular complexity index is 776. The van der Waals surface area contributed by atoms with E-state index in [1.165, 1.54) is 12.2 Å². The van der Waals surface area contributed by atoms with Crippen LogP contribution >= 0.6 is 23.2 Å². The second-order valence-corrected chi connectivity index (χ2v) is 10.4. The largest absolute Gasteiger partial charge is 0.390 e. The van der Waals surface area contributed by atoms with Crippen LogP contribution < -0.4 is 0 Å². The molecule has 0 radical (unpaired) electrons. The van der Waals surface area contributed by atoms with Crippen LogP contribution in [0.25, 0.3) is 0 Å². The highest BCUT2D eigenvalue weighted by atomic mass is 35.5. The van der Waals surface area contributed by atoms with Crippen LogP contribution in [-0.2, 0) is 9.59 Å². The van der Waals surface area contributed by atoms with Gasteiger partial charge < -0.3 is 10.2 Å². The summed E-state index contributed by atoms with van der Waals surface area (Å²) in [6.45, 7) is 5.59. The molecule has 3 saturated carbocycles. The third kappa shape index (κ3) is 2.24. The van der Waals surface area contributed by atoms with Gasteiger partial charge in [-0.25, -0.2) is 0 Å². The smallest absolute Gasteiger partial charge is 0.178 e. The maximum absolute atomic E-state index is 12.3. The van der Waals surface area contributed by atoms with Crippen LogP contribution in [0.1, 0.15) is 40.0 Å². The third-order valence-electron chi connectivity index (χ3n) is 8.18. The number of carbonyl (C=O) groups excluding carboxylic acids is 2. The number of alkyl halides is 2. The molecule has 0 spiro atoms. The van der Waals surface area contributed by atoms with Crippen LogP contribution in [0.4, 0.5) is 0 Å². The zero-order chi connectivity index (χ0) is 19.9. The number of aliphatic hydroxyl groups is 2. The molecule has 2 N–H and O–H groups in total. The van der Waals surface area contributed by atoms with Crippen molar-refractivity contribution in [3.63, 3.8) is 0 Å². The molecule has 4 aliphatic rings. The van der Waals surface area contributed by atoms with E-state index in [1.54, 1.807) is 13.0 Å². The molecule has 0 heterocycles. The Morgan fingerprint density at radius 1 is 1.26 bits per heavy atom. The molecular weight excluding hydrogens is 387 g/mol. The van der Waals surface area contributed by atoms with Gasteiger partial charge in [0.05, 0.1) is 16.4 Å². The number of hydrogen-bond acceptors (Lipinski definition) is 4. The van der Waals surface area contributed by atoms with Gasteiger partial charge >= 0.3 is 0 Å². The number of carbonyl (C=O) groups is 2. The summed E-state index contributed by atoms with van der Waals surface area (Å²) in [5.74, 6) is -0.682. The monoisotopic (exact) mass is 412 g/mol. The van der Waals surface area contributed by atoms with Crippen molar-refractivity contribution in [3.8, 4) is 0 Å². The van der Waals surface area contributed by atoms with Gasteiger partial charge in [-0.2, -0.15) is 0 Å². The predicted molar refractivity (Wildman–Crippen MR) is 104 cm³/mol. The molecule has 27 heavy (non-hydrogen) atoms. The molecule has 4 aliphatic carbocycles. The van der Waals surface area contributed by atoms with Gasteiger partial charge in [-0.15, -0.1) is 23.2 Å². The van der Waals surface area contributed by atoms with Gasteiger partial charge in [0.1, 0.15) is 11.9 Å². The minimum atomic E-state index is -1.18. The van der Waals surface area contributed by atoms with Gasteiger partial charge in [-0.3, -0.25) is 9.59 Å². The molecule has 6 heteroatoms. The van der Waals surface area contributed by atoms with Crippen LogP contribution in [0, 0.1) is 28.6 Å². The second-order valence-electron chi connectivity index (χ2n) is 9.29. The Morgan fingerprint density at radius 3 is 2.56 bits per heavy atom. The average Bonchev–Trinajstić information content (AvgIpc) is 2.92. The zero-order valence-corrected chi connectivity index (χ0v) is 17.3. The molecule has 3 fully saturated rings. The van der Waals surface area contributed by atoms with Crippen molar-refractivity contribution in [2.24, 2.45) is 28.6 Å². The number of ketones is 2. The number of allylic oxidation sites excluding steroid dienone is 3. The first-order valence-electron chi connectivity index (χ1n) is 9.63. The summed E-state index contributed by atoms with van der Waals surface area (Å²) in [7, 11) is 0. The minimum absolute atomic E-state index is 0.0204.